The Morgan fingerprint density at radius 3 is 2.50 bits per heavy atom. The van der Waals surface area contributed by atoms with Crippen molar-refractivity contribution in [3.05, 3.63) is 30.3 Å². The maximum Gasteiger partial charge on any atom is 0.0591 e. The van der Waals surface area contributed by atoms with Crippen LogP contribution in [0.15, 0.2) is 30.3 Å². The van der Waals surface area contributed by atoms with Crippen LogP contribution in [0, 0.1) is 11.3 Å². The monoisotopic (exact) mass is 276 g/mol. The summed E-state index contributed by atoms with van der Waals surface area (Å²) in [6, 6.07) is 10.6. The van der Waals surface area contributed by atoms with Gasteiger partial charge in [0.15, 0.2) is 0 Å². The smallest absolute Gasteiger partial charge is 0.0591 e. The zero-order valence-electron chi connectivity index (χ0n) is 12.9. The van der Waals surface area contributed by atoms with Crippen LogP contribution in [0.2, 0.25) is 0 Å². The molecule has 1 fully saturated rings. The van der Waals surface area contributed by atoms with Crippen molar-refractivity contribution in [1.82, 2.24) is 0 Å². The van der Waals surface area contributed by atoms with Gasteiger partial charge in [-0.05, 0) is 36.3 Å². The number of hydrogen-bond donors (Lipinski definition) is 2. The molecule has 0 bridgehead atoms. The van der Waals surface area contributed by atoms with Crippen molar-refractivity contribution >= 4 is 5.69 Å². The minimum Gasteiger partial charge on any atom is -0.393 e. The van der Waals surface area contributed by atoms with E-state index in [0.29, 0.717) is 5.92 Å². The van der Waals surface area contributed by atoms with Gasteiger partial charge in [-0.15, -0.1) is 0 Å². The maximum absolute atomic E-state index is 10.3. The molecule has 0 aliphatic carbocycles. The van der Waals surface area contributed by atoms with Gasteiger partial charge in [-0.25, -0.2) is 0 Å². The largest absolute Gasteiger partial charge is 0.393 e. The number of hydrogen-bond acceptors (Lipinski definition) is 3. The Kier molecular flexibility index (Phi) is 4.71. The summed E-state index contributed by atoms with van der Waals surface area (Å²) < 4.78 is 0. The zero-order valence-corrected chi connectivity index (χ0v) is 12.9. The summed E-state index contributed by atoms with van der Waals surface area (Å²) in [6.45, 7) is 8.18. The molecular formula is C17H28N2O. The Morgan fingerprint density at radius 2 is 1.90 bits per heavy atom. The van der Waals surface area contributed by atoms with Crippen LogP contribution < -0.4 is 10.6 Å². The van der Waals surface area contributed by atoms with Crippen molar-refractivity contribution in [1.29, 1.82) is 0 Å². The Balaban J connectivity index is 2.02. The summed E-state index contributed by atoms with van der Waals surface area (Å²) in [7, 11) is 0. The molecule has 3 N–H and O–H groups in total. The quantitative estimate of drug-likeness (QED) is 0.892. The third kappa shape index (κ3) is 3.97. The fourth-order valence-corrected chi connectivity index (χ4v) is 2.94. The molecule has 0 aromatic heterocycles. The number of nitrogens with two attached hydrogens (primary N) is 1. The lowest BCUT2D eigenvalue weighted by molar-refractivity contribution is 0.0381. The third-order valence-electron chi connectivity index (χ3n) is 4.25. The number of nitrogens with zero attached hydrogens (tertiary/aromatic N) is 1. The van der Waals surface area contributed by atoms with E-state index in [4.69, 9.17) is 5.73 Å². The van der Waals surface area contributed by atoms with Gasteiger partial charge in [-0.3, -0.25) is 0 Å². The maximum atomic E-state index is 10.3. The topological polar surface area (TPSA) is 49.5 Å². The van der Waals surface area contributed by atoms with Crippen LogP contribution in [0.5, 0.6) is 0 Å². The van der Waals surface area contributed by atoms with Crippen LogP contribution in [-0.2, 0) is 0 Å². The van der Waals surface area contributed by atoms with Crippen molar-refractivity contribution in [2.45, 2.75) is 45.8 Å². The standard InChI is InChI=1S/C17H28N2O/c1-17(2,3)16(20)10-13-9-14(18)12-19(11-13)15-7-5-4-6-8-15/h4-8,13-14,16,20H,9-12,18H2,1-3H3. The molecule has 1 aromatic rings. The highest BCUT2D eigenvalue weighted by Crippen LogP contribution is 2.30. The van der Waals surface area contributed by atoms with Crippen molar-refractivity contribution in [2.24, 2.45) is 17.1 Å². The summed E-state index contributed by atoms with van der Waals surface area (Å²) in [4.78, 5) is 2.36. The van der Waals surface area contributed by atoms with E-state index in [2.05, 4.69) is 49.9 Å². The van der Waals surface area contributed by atoms with E-state index >= 15 is 0 Å². The van der Waals surface area contributed by atoms with Crippen LogP contribution >= 0.6 is 0 Å². The molecule has 0 amide bonds. The molecule has 1 aliphatic rings. The van der Waals surface area contributed by atoms with Gasteiger partial charge in [0.1, 0.15) is 0 Å². The van der Waals surface area contributed by atoms with Crippen LogP contribution in [0.1, 0.15) is 33.6 Å². The van der Waals surface area contributed by atoms with E-state index < -0.39 is 0 Å². The average Bonchev–Trinajstić information content (AvgIpc) is 2.38. The molecule has 0 spiro atoms. The van der Waals surface area contributed by atoms with E-state index in [9.17, 15) is 5.11 Å². The van der Waals surface area contributed by atoms with Gasteiger partial charge in [0.05, 0.1) is 6.10 Å². The van der Waals surface area contributed by atoms with Crippen molar-refractivity contribution in [3.63, 3.8) is 0 Å². The van der Waals surface area contributed by atoms with Gasteiger partial charge in [0, 0.05) is 24.8 Å². The van der Waals surface area contributed by atoms with Crippen LogP contribution in [-0.4, -0.2) is 30.3 Å². The predicted octanol–water partition coefficient (Wildman–Crippen LogP) is 2.64. The summed E-state index contributed by atoms with van der Waals surface area (Å²) in [5.41, 5.74) is 7.39. The molecule has 3 nitrogen and oxygen atoms in total. The lowest BCUT2D eigenvalue weighted by Gasteiger charge is -2.40. The third-order valence-corrected chi connectivity index (χ3v) is 4.25. The van der Waals surface area contributed by atoms with Crippen LogP contribution in [0.4, 0.5) is 5.69 Å². The molecule has 20 heavy (non-hydrogen) atoms. The summed E-state index contributed by atoms with van der Waals surface area (Å²) in [5, 5.41) is 10.3. The number of anilines is 1. The zero-order chi connectivity index (χ0) is 14.8. The van der Waals surface area contributed by atoms with Gasteiger partial charge in [0.2, 0.25) is 0 Å². The molecule has 0 saturated carbocycles. The molecule has 112 valence electrons. The Morgan fingerprint density at radius 1 is 1.25 bits per heavy atom. The highest BCUT2D eigenvalue weighted by atomic mass is 16.3. The predicted molar refractivity (Wildman–Crippen MR) is 84.8 cm³/mol. The molecule has 1 aromatic carbocycles. The first-order valence-electron chi connectivity index (χ1n) is 7.60. The average molecular weight is 276 g/mol. The minimum absolute atomic E-state index is 0.0564. The number of para-hydroxylation sites is 1. The first kappa shape index (κ1) is 15.3. The minimum atomic E-state index is -0.268. The Hall–Kier alpha value is -1.06. The van der Waals surface area contributed by atoms with E-state index in [1.807, 2.05) is 6.07 Å². The fraction of sp³-hybridized carbons (Fsp3) is 0.647. The second kappa shape index (κ2) is 6.15. The molecule has 3 unspecified atom stereocenters. The Bertz CT molecular complexity index is 413. The Labute approximate surface area is 122 Å². The first-order valence-corrected chi connectivity index (χ1v) is 7.60. The summed E-state index contributed by atoms with van der Waals surface area (Å²) in [5.74, 6) is 0.466. The summed E-state index contributed by atoms with van der Waals surface area (Å²) in [6.07, 6.45) is 1.58. The number of benzene rings is 1. The fourth-order valence-electron chi connectivity index (χ4n) is 2.94. The highest BCUT2D eigenvalue weighted by molar-refractivity contribution is 5.46. The van der Waals surface area contributed by atoms with Crippen molar-refractivity contribution in [2.75, 3.05) is 18.0 Å². The van der Waals surface area contributed by atoms with Gasteiger partial charge < -0.3 is 15.7 Å². The van der Waals surface area contributed by atoms with Gasteiger partial charge >= 0.3 is 0 Å². The van der Waals surface area contributed by atoms with E-state index in [1.165, 1.54) is 5.69 Å². The molecule has 1 saturated heterocycles. The number of aliphatic hydroxyl groups excluding tert-OH is 1. The second-order valence-electron chi connectivity index (χ2n) is 7.22. The molecule has 1 aliphatic heterocycles. The van der Waals surface area contributed by atoms with Crippen LogP contribution in [0.25, 0.3) is 0 Å². The summed E-state index contributed by atoms with van der Waals surface area (Å²) >= 11 is 0. The number of piperidine rings is 1. The second-order valence-corrected chi connectivity index (χ2v) is 7.22. The van der Waals surface area contributed by atoms with E-state index in [-0.39, 0.29) is 17.6 Å². The van der Waals surface area contributed by atoms with Crippen LogP contribution in [0.3, 0.4) is 0 Å². The molecular weight excluding hydrogens is 248 g/mol. The SMILES string of the molecule is CC(C)(C)C(O)CC1CC(N)CN(c2ccccc2)C1. The van der Waals surface area contributed by atoms with E-state index in [0.717, 1.165) is 25.9 Å². The molecule has 1 heterocycles. The molecule has 2 rings (SSSR count). The molecule has 3 atom stereocenters. The van der Waals surface area contributed by atoms with E-state index in [1.54, 1.807) is 0 Å². The van der Waals surface area contributed by atoms with Gasteiger partial charge in [-0.1, -0.05) is 39.0 Å². The number of aliphatic hydroxyl groups is 1. The highest BCUT2D eigenvalue weighted by Gasteiger charge is 2.30. The lowest BCUT2D eigenvalue weighted by atomic mass is 9.80. The van der Waals surface area contributed by atoms with Gasteiger partial charge in [0.25, 0.3) is 0 Å². The number of rotatable bonds is 3. The van der Waals surface area contributed by atoms with Crippen molar-refractivity contribution in [3.8, 4) is 0 Å². The molecule has 0 radical (unpaired) electrons. The normalized spacial score (nSPS) is 25.6. The van der Waals surface area contributed by atoms with Gasteiger partial charge in [-0.2, -0.15) is 0 Å². The first-order chi connectivity index (χ1) is 9.36. The van der Waals surface area contributed by atoms with Crippen molar-refractivity contribution < 1.29 is 5.11 Å². The lowest BCUT2D eigenvalue weighted by Crippen LogP contribution is -2.48. The molecule has 3 heteroatoms.